The van der Waals surface area contributed by atoms with E-state index in [0.29, 0.717) is 6.54 Å². The molecule has 1 amide bonds. The van der Waals surface area contributed by atoms with E-state index in [4.69, 9.17) is 4.42 Å². The van der Waals surface area contributed by atoms with Gasteiger partial charge in [0, 0.05) is 20.6 Å². The van der Waals surface area contributed by atoms with E-state index in [1.807, 2.05) is 12.1 Å². The lowest BCUT2D eigenvalue weighted by Gasteiger charge is -2.25. The average molecular weight is 397 g/mol. The Morgan fingerprint density at radius 2 is 1.93 bits per heavy atom. The molecule has 9 nitrogen and oxygen atoms in total. The van der Waals surface area contributed by atoms with Crippen LogP contribution in [0.1, 0.15) is 35.1 Å². The second kappa shape index (κ2) is 7.67. The van der Waals surface area contributed by atoms with E-state index in [0.717, 1.165) is 36.3 Å². The Labute approximate surface area is 166 Å². The highest BCUT2D eigenvalue weighted by Crippen LogP contribution is 2.25. The summed E-state index contributed by atoms with van der Waals surface area (Å²) < 4.78 is 7.86. The molecule has 1 fully saturated rings. The summed E-state index contributed by atoms with van der Waals surface area (Å²) in [5, 5.41) is 3.20. The number of hydrogen-bond acceptors (Lipinski definition) is 6. The zero-order valence-electron chi connectivity index (χ0n) is 16.4. The summed E-state index contributed by atoms with van der Waals surface area (Å²) >= 11 is 0. The molecule has 0 saturated carbocycles. The lowest BCUT2D eigenvalue weighted by molar-refractivity contribution is 0.0929. The van der Waals surface area contributed by atoms with Crippen molar-refractivity contribution in [2.45, 2.75) is 18.9 Å². The van der Waals surface area contributed by atoms with Gasteiger partial charge in [0.15, 0.2) is 0 Å². The molecule has 1 N–H and O–H groups in total. The molecule has 0 aliphatic carbocycles. The molecule has 4 rings (SSSR count). The SMILES string of the molecule is Cn1c(=O)c2ccc(C(=O)NCC(c3ccco3)N3CCCC3)nc2n(C)c1=O. The van der Waals surface area contributed by atoms with E-state index in [1.54, 1.807) is 6.26 Å². The van der Waals surface area contributed by atoms with Crippen molar-refractivity contribution in [1.29, 1.82) is 0 Å². The summed E-state index contributed by atoms with van der Waals surface area (Å²) in [6.07, 6.45) is 3.88. The summed E-state index contributed by atoms with van der Waals surface area (Å²) in [6, 6.07) is 6.74. The van der Waals surface area contributed by atoms with Crippen LogP contribution in [0.5, 0.6) is 0 Å². The quantitative estimate of drug-likeness (QED) is 0.683. The lowest BCUT2D eigenvalue weighted by Crippen LogP contribution is -2.38. The molecule has 152 valence electrons. The van der Waals surface area contributed by atoms with Crippen LogP contribution in [0.15, 0.2) is 44.5 Å². The van der Waals surface area contributed by atoms with Gasteiger partial charge in [0.2, 0.25) is 0 Å². The number of nitrogens with zero attached hydrogens (tertiary/aromatic N) is 4. The van der Waals surface area contributed by atoms with Crippen molar-refractivity contribution in [3.8, 4) is 0 Å². The van der Waals surface area contributed by atoms with Gasteiger partial charge in [-0.2, -0.15) is 0 Å². The van der Waals surface area contributed by atoms with E-state index in [1.165, 1.54) is 30.8 Å². The fourth-order valence-corrected chi connectivity index (χ4v) is 3.80. The predicted octanol–water partition coefficient (Wildman–Crippen LogP) is 0.792. The first kappa shape index (κ1) is 19.1. The topological polar surface area (TPSA) is 102 Å². The van der Waals surface area contributed by atoms with E-state index in [-0.39, 0.29) is 28.7 Å². The number of carbonyl (C=O) groups is 1. The highest BCUT2D eigenvalue weighted by Gasteiger charge is 2.26. The highest BCUT2D eigenvalue weighted by molar-refractivity contribution is 5.94. The van der Waals surface area contributed by atoms with Crippen LogP contribution in [0.25, 0.3) is 11.0 Å². The van der Waals surface area contributed by atoms with Crippen molar-refractivity contribution in [1.82, 2.24) is 24.3 Å². The number of nitrogens with one attached hydrogen (secondary N) is 1. The van der Waals surface area contributed by atoms with Crippen molar-refractivity contribution in [2.75, 3.05) is 19.6 Å². The molecule has 3 aromatic heterocycles. The van der Waals surface area contributed by atoms with Gasteiger partial charge in [-0.3, -0.25) is 23.6 Å². The molecule has 1 aliphatic heterocycles. The largest absolute Gasteiger partial charge is 0.468 e. The van der Waals surface area contributed by atoms with Gasteiger partial charge in [-0.1, -0.05) is 0 Å². The van der Waals surface area contributed by atoms with E-state index in [9.17, 15) is 14.4 Å². The minimum Gasteiger partial charge on any atom is -0.468 e. The smallest absolute Gasteiger partial charge is 0.332 e. The zero-order chi connectivity index (χ0) is 20.5. The molecule has 0 bridgehead atoms. The van der Waals surface area contributed by atoms with Gasteiger partial charge >= 0.3 is 5.69 Å². The fourth-order valence-electron chi connectivity index (χ4n) is 3.80. The Morgan fingerprint density at radius 3 is 2.62 bits per heavy atom. The summed E-state index contributed by atoms with van der Waals surface area (Å²) in [5.74, 6) is 0.445. The number of amides is 1. The average Bonchev–Trinajstić information content (AvgIpc) is 3.45. The van der Waals surface area contributed by atoms with E-state index in [2.05, 4.69) is 15.2 Å². The molecule has 29 heavy (non-hydrogen) atoms. The second-order valence-corrected chi connectivity index (χ2v) is 7.26. The summed E-state index contributed by atoms with van der Waals surface area (Å²) in [5.41, 5.74) is -0.581. The summed E-state index contributed by atoms with van der Waals surface area (Å²) in [6.45, 7) is 2.29. The van der Waals surface area contributed by atoms with Crippen molar-refractivity contribution in [2.24, 2.45) is 14.1 Å². The van der Waals surface area contributed by atoms with Crippen molar-refractivity contribution in [3.05, 3.63) is 62.8 Å². The number of pyridine rings is 1. The molecule has 1 aliphatic rings. The monoisotopic (exact) mass is 397 g/mol. The first-order valence-corrected chi connectivity index (χ1v) is 9.60. The molecule has 3 aromatic rings. The van der Waals surface area contributed by atoms with Crippen LogP contribution < -0.4 is 16.6 Å². The molecule has 0 spiro atoms. The number of rotatable bonds is 5. The number of fused-ring (bicyclic) bond motifs is 1. The molecular formula is C20H23N5O4. The Bertz CT molecular complexity index is 1160. The van der Waals surface area contributed by atoms with Crippen LogP contribution in [0.2, 0.25) is 0 Å². The number of carbonyl (C=O) groups excluding carboxylic acids is 1. The van der Waals surface area contributed by atoms with Crippen LogP contribution in [0, 0.1) is 0 Å². The molecule has 4 heterocycles. The van der Waals surface area contributed by atoms with Gasteiger partial charge in [-0.05, 0) is 50.2 Å². The highest BCUT2D eigenvalue weighted by atomic mass is 16.3. The van der Waals surface area contributed by atoms with Crippen LogP contribution in [0.3, 0.4) is 0 Å². The minimum atomic E-state index is -0.487. The number of likely N-dealkylation sites (tertiary alicyclic amines) is 1. The Morgan fingerprint density at radius 1 is 1.17 bits per heavy atom. The van der Waals surface area contributed by atoms with E-state index < -0.39 is 11.2 Å². The molecule has 9 heteroatoms. The third-order valence-corrected chi connectivity index (χ3v) is 5.44. The van der Waals surface area contributed by atoms with Crippen LogP contribution in [0.4, 0.5) is 0 Å². The molecule has 1 atom stereocenters. The lowest BCUT2D eigenvalue weighted by atomic mass is 10.2. The molecular weight excluding hydrogens is 374 g/mol. The maximum absolute atomic E-state index is 12.7. The molecule has 1 unspecified atom stereocenters. The van der Waals surface area contributed by atoms with Crippen LogP contribution in [-0.2, 0) is 14.1 Å². The van der Waals surface area contributed by atoms with Gasteiger partial charge in [-0.15, -0.1) is 0 Å². The van der Waals surface area contributed by atoms with Gasteiger partial charge in [0.05, 0.1) is 17.7 Å². The molecule has 0 aromatic carbocycles. The number of hydrogen-bond donors (Lipinski definition) is 1. The summed E-state index contributed by atoms with van der Waals surface area (Å²) in [4.78, 5) is 43.7. The van der Waals surface area contributed by atoms with Gasteiger partial charge < -0.3 is 9.73 Å². The minimum absolute atomic E-state index is 0.0476. The van der Waals surface area contributed by atoms with Gasteiger partial charge in [0.1, 0.15) is 17.1 Å². The second-order valence-electron chi connectivity index (χ2n) is 7.26. The van der Waals surface area contributed by atoms with Crippen molar-refractivity contribution in [3.63, 3.8) is 0 Å². The van der Waals surface area contributed by atoms with Crippen LogP contribution >= 0.6 is 0 Å². The number of aryl methyl sites for hydroxylation is 1. The number of furan rings is 1. The maximum Gasteiger partial charge on any atom is 0.332 e. The zero-order valence-corrected chi connectivity index (χ0v) is 16.4. The third kappa shape index (κ3) is 3.49. The molecule has 1 saturated heterocycles. The van der Waals surface area contributed by atoms with E-state index >= 15 is 0 Å². The normalized spacial score (nSPS) is 15.7. The Hall–Kier alpha value is -3.20. The van der Waals surface area contributed by atoms with Crippen LogP contribution in [-0.4, -0.2) is 44.6 Å². The first-order chi connectivity index (χ1) is 14.0. The Kier molecular flexibility index (Phi) is 5.06. The maximum atomic E-state index is 12.7. The Balaban J connectivity index is 1.58. The van der Waals surface area contributed by atoms with Crippen molar-refractivity contribution >= 4 is 16.9 Å². The standard InChI is InChI=1S/C20H23N5O4/c1-23-17-13(19(27)24(2)20(23)28)7-8-14(22-17)18(26)21-12-15(16-6-5-11-29-16)25-9-3-4-10-25/h5-8,11,15H,3-4,9-10,12H2,1-2H3,(H,21,26). The van der Waals surface area contributed by atoms with Crippen molar-refractivity contribution < 1.29 is 9.21 Å². The predicted molar refractivity (Wildman–Crippen MR) is 107 cm³/mol. The summed E-state index contributed by atoms with van der Waals surface area (Å²) in [7, 11) is 2.94. The molecule has 0 radical (unpaired) electrons. The first-order valence-electron chi connectivity index (χ1n) is 9.60. The van der Waals surface area contributed by atoms with Gasteiger partial charge in [-0.25, -0.2) is 9.78 Å². The fraction of sp³-hybridized carbons (Fsp3) is 0.400. The number of aromatic nitrogens is 3. The third-order valence-electron chi connectivity index (χ3n) is 5.44. The van der Waals surface area contributed by atoms with Gasteiger partial charge in [0.25, 0.3) is 11.5 Å².